The number of benzene rings is 1. The fourth-order valence-corrected chi connectivity index (χ4v) is 1.88. The highest BCUT2D eigenvalue weighted by Crippen LogP contribution is 2.31. The summed E-state index contributed by atoms with van der Waals surface area (Å²) in [5, 5.41) is 16.6. The maximum absolute atomic E-state index is 12.7. The van der Waals surface area contributed by atoms with E-state index in [-0.39, 0.29) is 12.1 Å². The molecule has 0 fully saturated rings. The molecule has 8 heteroatoms. The van der Waals surface area contributed by atoms with Gasteiger partial charge in [-0.3, -0.25) is 0 Å². The zero-order chi connectivity index (χ0) is 14.8. The van der Waals surface area contributed by atoms with Crippen LogP contribution < -0.4 is 5.32 Å². The lowest BCUT2D eigenvalue weighted by Crippen LogP contribution is -2.23. The number of rotatable bonds is 4. The van der Waals surface area contributed by atoms with Crippen LogP contribution in [-0.4, -0.2) is 20.6 Å². The molecule has 0 saturated heterocycles. The predicted molar refractivity (Wildman–Crippen MR) is 65.6 cm³/mol. The minimum atomic E-state index is -4.34. The molecule has 0 aliphatic rings. The third kappa shape index (κ3) is 3.32. The van der Waals surface area contributed by atoms with Crippen LogP contribution in [0.3, 0.4) is 0 Å². The Hall–Kier alpha value is -1.96. The van der Waals surface area contributed by atoms with Crippen molar-refractivity contribution in [1.29, 1.82) is 0 Å². The monoisotopic (exact) mass is 285 g/mol. The van der Waals surface area contributed by atoms with E-state index in [4.69, 9.17) is 0 Å². The van der Waals surface area contributed by atoms with Gasteiger partial charge in [-0.1, -0.05) is 17.3 Å². The van der Waals surface area contributed by atoms with Crippen LogP contribution in [0.25, 0.3) is 0 Å². The molecule has 0 bridgehead atoms. The molecule has 2 unspecified atom stereocenters. The van der Waals surface area contributed by atoms with E-state index in [1.165, 1.54) is 6.07 Å². The maximum atomic E-state index is 12.7. The Bertz CT molecular complexity index is 552. The number of halogens is 3. The number of nitrogens with zero attached hydrogens (tertiary/aromatic N) is 3. The lowest BCUT2D eigenvalue weighted by atomic mass is 10.0. The third-order valence-corrected chi connectivity index (χ3v) is 2.96. The van der Waals surface area contributed by atoms with Crippen LogP contribution >= 0.6 is 0 Å². The molecule has 1 aromatic carbocycles. The van der Waals surface area contributed by atoms with Gasteiger partial charge in [-0.25, -0.2) is 0 Å². The summed E-state index contributed by atoms with van der Waals surface area (Å²) in [4.78, 5) is 0. The van der Waals surface area contributed by atoms with Crippen molar-refractivity contribution in [2.45, 2.75) is 32.1 Å². The first-order valence-corrected chi connectivity index (χ1v) is 6.04. The Morgan fingerprint density at radius 3 is 2.55 bits per heavy atom. The van der Waals surface area contributed by atoms with Gasteiger partial charge in [0.25, 0.3) is 0 Å². The minimum Gasteiger partial charge on any atom is -0.301 e. The van der Waals surface area contributed by atoms with Gasteiger partial charge in [0.05, 0.1) is 11.6 Å². The molecule has 1 aromatic heterocycles. The van der Waals surface area contributed by atoms with Crippen LogP contribution in [0.4, 0.5) is 13.2 Å². The van der Waals surface area contributed by atoms with Crippen molar-refractivity contribution >= 4 is 0 Å². The standard InChI is InChI=1S/C12H14F3N5/c1-7(16-8(2)11-17-19-20-18-11)9-4-3-5-10(6-9)12(13,14)15/h3-8,16H,1-2H3,(H,17,18,19,20). The fourth-order valence-electron chi connectivity index (χ4n) is 1.88. The molecule has 0 amide bonds. The van der Waals surface area contributed by atoms with Crippen molar-refractivity contribution in [3.8, 4) is 0 Å². The molecule has 2 atom stereocenters. The third-order valence-electron chi connectivity index (χ3n) is 2.96. The number of aromatic nitrogens is 4. The number of aromatic amines is 1. The molecule has 0 aliphatic heterocycles. The van der Waals surface area contributed by atoms with Crippen molar-refractivity contribution in [1.82, 2.24) is 25.9 Å². The Kier molecular flexibility index (Phi) is 4.03. The summed E-state index contributed by atoms with van der Waals surface area (Å²) in [5.41, 5.74) is -0.106. The largest absolute Gasteiger partial charge is 0.416 e. The number of hydrogen-bond acceptors (Lipinski definition) is 4. The molecule has 0 spiro atoms. The Labute approximate surface area is 113 Å². The van der Waals surface area contributed by atoms with Gasteiger partial charge in [0, 0.05) is 6.04 Å². The Balaban J connectivity index is 2.11. The number of hydrogen-bond donors (Lipinski definition) is 2. The van der Waals surface area contributed by atoms with Gasteiger partial charge < -0.3 is 5.32 Å². The first-order valence-electron chi connectivity index (χ1n) is 6.04. The highest BCUT2D eigenvalue weighted by molar-refractivity contribution is 5.27. The van der Waals surface area contributed by atoms with Crippen molar-refractivity contribution in [2.24, 2.45) is 0 Å². The summed E-state index contributed by atoms with van der Waals surface area (Å²) in [6.45, 7) is 3.60. The molecule has 5 nitrogen and oxygen atoms in total. The normalized spacial score (nSPS) is 15.1. The van der Waals surface area contributed by atoms with Crippen LogP contribution in [-0.2, 0) is 6.18 Å². The molecule has 1 heterocycles. The van der Waals surface area contributed by atoms with Crippen LogP contribution in [0.2, 0.25) is 0 Å². The maximum Gasteiger partial charge on any atom is 0.416 e. The number of nitrogens with one attached hydrogen (secondary N) is 2. The molecular formula is C12H14F3N5. The second kappa shape index (κ2) is 5.58. The van der Waals surface area contributed by atoms with Crippen molar-refractivity contribution in [3.63, 3.8) is 0 Å². The summed E-state index contributed by atoms with van der Waals surface area (Å²) < 4.78 is 38.0. The molecule has 20 heavy (non-hydrogen) atoms. The molecule has 0 radical (unpaired) electrons. The van der Waals surface area contributed by atoms with Gasteiger partial charge in [-0.2, -0.15) is 18.4 Å². The first-order chi connectivity index (χ1) is 9.38. The van der Waals surface area contributed by atoms with Crippen LogP contribution in [0.1, 0.15) is 42.9 Å². The van der Waals surface area contributed by atoms with E-state index in [1.54, 1.807) is 13.0 Å². The molecule has 0 aliphatic carbocycles. The molecular weight excluding hydrogens is 271 g/mol. The van der Waals surface area contributed by atoms with Crippen molar-refractivity contribution in [2.75, 3.05) is 0 Å². The lowest BCUT2D eigenvalue weighted by Gasteiger charge is -2.19. The first kappa shape index (κ1) is 14.4. The van der Waals surface area contributed by atoms with E-state index in [0.29, 0.717) is 11.4 Å². The lowest BCUT2D eigenvalue weighted by molar-refractivity contribution is -0.137. The molecule has 0 saturated carbocycles. The average Bonchev–Trinajstić information content (AvgIpc) is 2.91. The van der Waals surface area contributed by atoms with Crippen LogP contribution in [0.5, 0.6) is 0 Å². The summed E-state index contributed by atoms with van der Waals surface area (Å²) in [5.74, 6) is 0.462. The van der Waals surface area contributed by atoms with Crippen molar-refractivity contribution in [3.05, 3.63) is 41.2 Å². The van der Waals surface area contributed by atoms with Gasteiger partial charge in [0.1, 0.15) is 0 Å². The highest BCUT2D eigenvalue weighted by Gasteiger charge is 2.30. The van der Waals surface area contributed by atoms with E-state index in [9.17, 15) is 13.2 Å². The Morgan fingerprint density at radius 2 is 1.95 bits per heavy atom. The Morgan fingerprint density at radius 1 is 1.20 bits per heavy atom. The summed E-state index contributed by atoms with van der Waals surface area (Å²) in [6, 6.07) is 4.74. The SMILES string of the molecule is CC(NC(C)c1nn[nH]n1)c1cccc(C(F)(F)F)c1. The molecule has 2 rings (SSSR count). The van der Waals surface area contributed by atoms with Gasteiger partial charge in [-0.05, 0) is 31.5 Å². The molecule has 2 aromatic rings. The zero-order valence-electron chi connectivity index (χ0n) is 10.9. The second-order valence-corrected chi connectivity index (χ2v) is 4.50. The van der Waals surface area contributed by atoms with E-state index < -0.39 is 11.7 Å². The van der Waals surface area contributed by atoms with E-state index in [1.807, 2.05) is 6.92 Å². The zero-order valence-corrected chi connectivity index (χ0v) is 10.9. The van der Waals surface area contributed by atoms with Crippen LogP contribution in [0.15, 0.2) is 24.3 Å². The summed E-state index contributed by atoms with van der Waals surface area (Å²) in [6.07, 6.45) is -4.34. The predicted octanol–water partition coefficient (Wildman–Crippen LogP) is 2.63. The van der Waals surface area contributed by atoms with Crippen LogP contribution in [0, 0.1) is 0 Å². The van der Waals surface area contributed by atoms with Gasteiger partial charge in [0.2, 0.25) is 0 Å². The number of tetrazole rings is 1. The van der Waals surface area contributed by atoms with Gasteiger partial charge in [-0.15, -0.1) is 10.2 Å². The average molecular weight is 285 g/mol. The molecule has 108 valence electrons. The van der Waals surface area contributed by atoms with E-state index in [2.05, 4.69) is 25.9 Å². The second-order valence-electron chi connectivity index (χ2n) is 4.50. The quantitative estimate of drug-likeness (QED) is 0.906. The highest BCUT2D eigenvalue weighted by atomic mass is 19.4. The summed E-state index contributed by atoms with van der Waals surface area (Å²) in [7, 11) is 0. The van der Waals surface area contributed by atoms with Gasteiger partial charge >= 0.3 is 6.18 Å². The summed E-state index contributed by atoms with van der Waals surface area (Å²) >= 11 is 0. The molecule has 2 N–H and O–H groups in total. The topological polar surface area (TPSA) is 66.5 Å². The number of alkyl halides is 3. The fraction of sp³-hybridized carbons (Fsp3) is 0.417. The van der Waals surface area contributed by atoms with Crippen molar-refractivity contribution < 1.29 is 13.2 Å². The van der Waals surface area contributed by atoms with Gasteiger partial charge in [0.15, 0.2) is 5.82 Å². The minimum absolute atomic E-state index is 0.224. The smallest absolute Gasteiger partial charge is 0.301 e. The number of H-pyrrole nitrogens is 1. The van der Waals surface area contributed by atoms with E-state index >= 15 is 0 Å². The van der Waals surface area contributed by atoms with E-state index in [0.717, 1.165) is 12.1 Å².